The van der Waals surface area contributed by atoms with Crippen LogP contribution in [0.1, 0.15) is 52.2 Å². The lowest BCUT2D eigenvalue weighted by molar-refractivity contribution is -0.144. The zero-order valence-corrected chi connectivity index (χ0v) is 24.8. The molecule has 6 heteroatoms. The van der Waals surface area contributed by atoms with Crippen molar-refractivity contribution in [1.82, 2.24) is 0 Å². The van der Waals surface area contributed by atoms with Gasteiger partial charge in [-0.3, -0.25) is 0 Å². The molecule has 0 fully saturated rings. The van der Waals surface area contributed by atoms with Crippen molar-refractivity contribution < 1.29 is 28.6 Å². The topological polar surface area (TPSA) is 78.9 Å². The minimum atomic E-state index is -0.474. The third kappa shape index (κ3) is 10.9. The molecule has 0 heterocycles. The molecular formula is C35H40O6. The zero-order chi connectivity index (χ0) is 30.5. The van der Waals surface area contributed by atoms with E-state index in [0.29, 0.717) is 28.9 Å². The van der Waals surface area contributed by atoms with Gasteiger partial charge < -0.3 is 14.2 Å². The zero-order valence-electron chi connectivity index (χ0n) is 24.8. The van der Waals surface area contributed by atoms with Crippen LogP contribution in [-0.2, 0) is 35.0 Å². The molecule has 6 nitrogen and oxygen atoms in total. The van der Waals surface area contributed by atoms with Crippen molar-refractivity contribution in [2.24, 2.45) is 5.92 Å². The summed E-state index contributed by atoms with van der Waals surface area (Å²) in [4.78, 5) is 35.5. The van der Waals surface area contributed by atoms with Crippen LogP contribution in [0.3, 0.4) is 0 Å². The molecular weight excluding hydrogens is 516 g/mol. The second kappa shape index (κ2) is 16.0. The Morgan fingerprint density at radius 2 is 1.17 bits per heavy atom. The van der Waals surface area contributed by atoms with Gasteiger partial charge in [0.1, 0.15) is 5.76 Å². The van der Waals surface area contributed by atoms with E-state index in [1.807, 2.05) is 30.3 Å². The van der Waals surface area contributed by atoms with Crippen LogP contribution in [0, 0.1) is 5.92 Å². The van der Waals surface area contributed by atoms with Crippen molar-refractivity contribution >= 4 is 23.5 Å². The normalized spacial score (nSPS) is 11.6. The summed E-state index contributed by atoms with van der Waals surface area (Å²) in [6.07, 6.45) is 5.13. The highest BCUT2D eigenvalue weighted by atomic mass is 16.5. The van der Waals surface area contributed by atoms with Crippen molar-refractivity contribution in [3.8, 4) is 11.1 Å². The van der Waals surface area contributed by atoms with Gasteiger partial charge in [-0.05, 0) is 74.4 Å². The lowest BCUT2D eigenvalue weighted by Gasteiger charge is -2.18. The molecule has 0 aliphatic rings. The lowest BCUT2D eigenvalue weighted by atomic mass is 9.96. The van der Waals surface area contributed by atoms with E-state index < -0.39 is 17.9 Å². The summed E-state index contributed by atoms with van der Waals surface area (Å²) in [7, 11) is 0. The van der Waals surface area contributed by atoms with Crippen molar-refractivity contribution in [1.29, 1.82) is 0 Å². The minimum Gasteiger partial charge on any atom is -0.462 e. The van der Waals surface area contributed by atoms with Crippen molar-refractivity contribution in [2.75, 3.05) is 13.2 Å². The maximum atomic E-state index is 11.9. The van der Waals surface area contributed by atoms with Gasteiger partial charge in [-0.15, -0.1) is 0 Å². The van der Waals surface area contributed by atoms with E-state index in [1.54, 1.807) is 33.8 Å². The average Bonchev–Trinajstić information content (AvgIpc) is 2.94. The molecule has 216 valence electrons. The number of carbonyl (C=O) groups excluding carboxylic acids is 3. The summed E-state index contributed by atoms with van der Waals surface area (Å²) in [6, 6.07) is 16.4. The number of esters is 3. The predicted octanol–water partition coefficient (Wildman–Crippen LogP) is 7.57. The summed E-state index contributed by atoms with van der Waals surface area (Å²) in [5, 5.41) is 0. The Kier molecular flexibility index (Phi) is 12.8. The molecule has 0 unspecified atom stereocenters. The fraction of sp³-hybridized carbons (Fsp3) is 0.286. The van der Waals surface area contributed by atoms with E-state index in [9.17, 15) is 14.4 Å². The van der Waals surface area contributed by atoms with Crippen LogP contribution in [0.4, 0.5) is 0 Å². The van der Waals surface area contributed by atoms with Crippen molar-refractivity contribution in [3.63, 3.8) is 0 Å². The van der Waals surface area contributed by atoms with Crippen LogP contribution < -0.4 is 0 Å². The van der Waals surface area contributed by atoms with E-state index in [0.717, 1.165) is 34.2 Å². The quantitative estimate of drug-likeness (QED) is 0.0785. The van der Waals surface area contributed by atoms with Gasteiger partial charge in [-0.1, -0.05) is 81.3 Å². The van der Waals surface area contributed by atoms with Crippen molar-refractivity contribution in [3.05, 3.63) is 114 Å². The Balaban J connectivity index is 2.12. The van der Waals surface area contributed by atoms with Gasteiger partial charge >= 0.3 is 17.9 Å². The molecule has 0 aliphatic carbocycles. The minimum absolute atomic E-state index is 0.108. The predicted molar refractivity (Wildman–Crippen MR) is 164 cm³/mol. The van der Waals surface area contributed by atoms with Crippen LogP contribution in [0.25, 0.3) is 16.7 Å². The number of hydrogen-bond acceptors (Lipinski definition) is 6. The highest BCUT2D eigenvalue weighted by Gasteiger charge is 2.17. The van der Waals surface area contributed by atoms with Gasteiger partial charge in [0.25, 0.3) is 0 Å². The molecule has 0 saturated heterocycles. The summed E-state index contributed by atoms with van der Waals surface area (Å²) in [6.45, 7) is 19.6. The molecule has 0 amide bonds. The molecule has 0 spiro atoms. The van der Waals surface area contributed by atoms with E-state index >= 15 is 0 Å². The SMILES string of the molecule is C=C(C)C(=O)OCC(COC(=O)C(=C)C)Cc1ccc(-c2ccc(/C(=C/C=C(\C)OC(=O)C(=C)C)CC)cc2)cc1. The number of hydrogen-bond donors (Lipinski definition) is 0. The summed E-state index contributed by atoms with van der Waals surface area (Å²) >= 11 is 0. The van der Waals surface area contributed by atoms with Gasteiger partial charge in [0.2, 0.25) is 0 Å². The van der Waals surface area contributed by atoms with E-state index in [1.165, 1.54) is 0 Å². The molecule has 0 atom stereocenters. The first-order chi connectivity index (χ1) is 19.4. The monoisotopic (exact) mass is 556 g/mol. The Labute approximate surface area is 243 Å². The molecule has 0 aliphatic heterocycles. The number of carbonyl (C=O) groups is 3. The maximum Gasteiger partial charge on any atom is 0.338 e. The first-order valence-corrected chi connectivity index (χ1v) is 13.5. The van der Waals surface area contributed by atoms with Crippen LogP contribution >= 0.6 is 0 Å². The fourth-order valence-corrected chi connectivity index (χ4v) is 3.75. The number of rotatable bonds is 14. The number of allylic oxidation sites excluding steroid dienone is 4. The molecule has 0 saturated carbocycles. The second-order valence-electron chi connectivity index (χ2n) is 10.1. The van der Waals surface area contributed by atoms with E-state index in [-0.39, 0.29) is 19.1 Å². The Morgan fingerprint density at radius 3 is 1.61 bits per heavy atom. The summed E-state index contributed by atoms with van der Waals surface area (Å²) in [5.41, 5.74) is 6.34. The van der Waals surface area contributed by atoms with Crippen LogP contribution in [-0.4, -0.2) is 31.1 Å². The van der Waals surface area contributed by atoms with Crippen LogP contribution in [0.2, 0.25) is 0 Å². The van der Waals surface area contributed by atoms with Gasteiger partial charge in [0.15, 0.2) is 0 Å². The maximum absolute atomic E-state index is 11.9. The second-order valence-corrected chi connectivity index (χ2v) is 10.1. The van der Waals surface area contributed by atoms with E-state index in [4.69, 9.17) is 14.2 Å². The first kappa shape index (κ1) is 32.8. The molecule has 2 aromatic carbocycles. The molecule has 2 rings (SSSR count). The average molecular weight is 557 g/mol. The van der Waals surface area contributed by atoms with E-state index in [2.05, 4.69) is 50.9 Å². The Morgan fingerprint density at radius 1 is 0.707 bits per heavy atom. The molecule has 2 aromatic rings. The Hall–Kier alpha value is -4.45. The van der Waals surface area contributed by atoms with Gasteiger partial charge in [-0.2, -0.15) is 0 Å². The summed E-state index contributed by atoms with van der Waals surface area (Å²) in [5.74, 6) is -1.09. The molecule has 0 N–H and O–H groups in total. The van der Waals surface area contributed by atoms with Gasteiger partial charge in [0.05, 0.1) is 13.2 Å². The lowest BCUT2D eigenvalue weighted by Crippen LogP contribution is -2.23. The Bertz CT molecular complexity index is 1310. The molecule has 0 radical (unpaired) electrons. The standard InChI is InChI=1S/C35H40O6/c1-9-29(13-10-26(8)41-35(38)25(6)7)30-16-18-32(19-17-30)31-14-11-27(12-15-31)20-28(21-39-33(36)23(2)3)22-40-34(37)24(4)5/h10-19,28H,2,4,6,9,20-22H2,1,3,5,7-8H3/b26-10+,29-13+. The van der Waals surface area contributed by atoms with Gasteiger partial charge in [0, 0.05) is 22.6 Å². The van der Waals surface area contributed by atoms with Crippen LogP contribution in [0.15, 0.2) is 103 Å². The highest BCUT2D eigenvalue weighted by Crippen LogP contribution is 2.25. The van der Waals surface area contributed by atoms with Crippen molar-refractivity contribution in [2.45, 2.75) is 47.5 Å². The summed E-state index contributed by atoms with van der Waals surface area (Å²) < 4.78 is 15.9. The number of benzene rings is 2. The van der Waals surface area contributed by atoms with Crippen LogP contribution in [0.5, 0.6) is 0 Å². The van der Waals surface area contributed by atoms with Gasteiger partial charge in [-0.25, -0.2) is 14.4 Å². The molecule has 41 heavy (non-hydrogen) atoms. The fourth-order valence-electron chi connectivity index (χ4n) is 3.75. The molecule has 0 aromatic heterocycles. The first-order valence-electron chi connectivity index (χ1n) is 13.5. The molecule has 0 bridgehead atoms. The smallest absolute Gasteiger partial charge is 0.338 e. The largest absolute Gasteiger partial charge is 0.462 e. The third-order valence-corrected chi connectivity index (χ3v) is 6.17. The highest BCUT2D eigenvalue weighted by molar-refractivity contribution is 5.88. The number of ether oxygens (including phenoxy) is 3. The third-order valence-electron chi connectivity index (χ3n) is 6.17.